The number of ether oxygens (including phenoxy) is 1. The lowest BCUT2D eigenvalue weighted by molar-refractivity contribution is 0.315. The zero-order chi connectivity index (χ0) is 25.1. The van der Waals surface area contributed by atoms with Gasteiger partial charge in [0.25, 0.3) is 0 Å². The molecule has 35 heavy (non-hydrogen) atoms. The lowest BCUT2D eigenvalue weighted by Crippen LogP contribution is -2.32. The zero-order valence-corrected chi connectivity index (χ0v) is 21.6. The largest absolute Gasteiger partial charge is 0.497 e. The van der Waals surface area contributed by atoms with Crippen molar-refractivity contribution in [2.75, 3.05) is 39.2 Å². The Labute approximate surface area is 206 Å². The van der Waals surface area contributed by atoms with E-state index in [0.29, 0.717) is 11.6 Å². The second-order valence-corrected chi connectivity index (χ2v) is 10.7. The number of imidazole rings is 1. The third-order valence-electron chi connectivity index (χ3n) is 7.26. The van der Waals surface area contributed by atoms with E-state index in [2.05, 4.69) is 61.3 Å². The lowest BCUT2D eigenvalue weighted by Gasteiger charge is -2.26. The van der Waals surface area contributed by atoms with Gasteiger partial charge in [0.1, 0.15) is 23.2 Å². The zero-order valence-electron chi connectivity index (χ0n) is 21.6. The molecule has 7 heteroatoms. The Bertz CT molecular complexity index is 1470. The Morgan fingerprint density at radius 3 is 2.66 bits per heavy atom. The molecule has 1 fully saturated rings. The molecule has 4 aromatic rings. The van der Waals surface area contributed by atoms with Crippen LogP contribution in [0, 0.1) is 18.3 Å². The van der Waals surface area contributed by atoms with E-state index in [1.165, 1.54) is 0 Å². The van der Waals surface area contributed by atoms with Gasteiger partial charge >= 0.3 is 0 Å². The highest BCUT2D eigenvalue weighted by atomic mass is 16.5. The number of rotatable bonds is 4. The van der Waals surface area contributed by atoms with E-state index >= 15 is 0 Å². The Kier molecular flexibility index (Phi) is 5.52. The Morgan fingerprint density at radius 1 is 1.26 bits per heavy atom. The number of aromatic nitrogens is 2. The highest BCUT2D eigenvalue weighted by Gasteiger charge is 2.32. The first kappa shape index (κ1) is 23.3. The summed E-state index contributed by atoms with van der Waals surface area (Å²) >= 11 is 0. The second kappa shape index (κ2) is 8.31. The van der Waals surface area contributed by atoms with Crippen molar-refractivity contribution < 1.29 is 9.15 Å². The number of anilines is 1. The number of nitrogens with zero attached hydrogens (tertiary/aromatic N) is 5. The SMILES string of the molecule is COc1ccc2c(-c3c(C)c(C#N)c4nc(C(C)(C)C)cn4c3N3CC[C@H](N(C)C)C3)coc2c1. The van der Waals surface area contributed by atoms with E-state index in [0.717, 1.165) is 70.1 Å². The molecule has 1 atom stereocenters. The molecular formula is C28H33N5O2. The van der Waals surface area contributed by atoms with Crippen LogP contribution in [0.4, 0.5) is 5.82 Å². The molecule has 0 amide bonds. The first-order valence-electron chi connectivity index (χ1n) is 12.1. The molecule has 4 heterocycles. The van der Waals surface area contributed by atoms with Crippen molar-refractivity contribution in [3.63, 3.8) is 0 Å². The van der Waals surface area contributed by atoms with E-state index in [1.807, 2.05) is 31.4 Å². The molecule has 182 valence electrons. The Morgan fingerprint density at radius 2 is 2.03 bits per heavy atom. The van der Waals surface area contributed by atoms with Gasteiger partial charge in [0.15, 0.2) is 5.65 Å². The van der Waals surface area contributed by atoms with Gasteiger partial charge in [-0.05, 0) is 45.1 Å². The number of likely N-dealkylation sites (N-methyl/N-ethyl adjacent to an activating group) is 1. The number of pyridine rings is 1. The normalized spacial score (nSPS) is 16.5. The summed E-state index contributed by atoms with van der Waals surface area (Å²) in [7, 11) is 5.93. The maximum absolute atomic E-state index is 10.2. The molecule has 5 rings (SSSR count). The third kappa shape index (κ3) is 3.73. The van der Waals surface area contributed by atoms with Gasteiger partial charge in [-0.15, -0.1) is 0 Å². The van der Waals surface area contributed by atoms with Crippen LogP contribution in [-0.4, -0.2) is 54.6 Å². The predicted octanol–water partition coefficient (Wildman–Crippen LogP) is 5.37. The minimum absolute atomic E-state index is 0.139. The van der Waals surface area contributed by atoms with E-state index in [9.17, 15) is 5.26 Å². The van der Waals surface area contributed by atoms with Gasteiger partial charge in [0, 0.05) is 53.3 Å². The molecule has 0 bridgehead atoms. The molecular weight excluding hydrogens is 438 g/mol. The van der Waals surface area contributed by atoms with Crippen molar-refractivity contribution in [2.45, 2.75) is 45.6 Å². The maximum atomic E-state index is 10.2. The van der Waals surface area contributed by atoms with Gasteiger partial charge in [-0.1, -0.05) is 20.8 Å². The molecule has 3 aromatic heterocycles. The van der Waals surface area contributed by atoms with Crippen LogP contribution in [0.25, 0.3) is 27.7 Å². The van der Waals surface area contributed by atoms with Crippen LogP contribution >= 0.6 is 0 Å². The second-order valence-electron chi connectivity index (χ2n) is 10.7. The molecule has 0 aliphatic carbocycles. The molecule has 1 aliphatic rings. The van der Waals surface area contributed by atoms with Crippen LogP contribution in [-0.2, 0) is 5.41 Å². The fourth-order valence-corrected chi connectivity index (χ4v) is 5.11. The fraction of sp³-hybridized carbons (Fsp3) is 0.429. The summed E-state index contributed by atoms with van der Waals surface area (Å²) in [6, 6.07) is 8.81. The standard InChI is InChI=1S/C28H33N5O2/c1-17-21(13-29)26-30-24(28(2,3)4)15-33(26)27(32-11-10-18(14-32)31(5)6)25(17)22-16-35-23-12-19(34-7)8-9-20(22)23/h8-9,12,15-16,18H,10-11,14H2,1-7H3/t18-/m0/s1. The van der Waals surface area contributed by atoms with Crippen LogP contribution in [0.1, 0.15) is 44.0 Å². The predicted molar refractivity (Wildman–Crippen MR) is 139 cm³/mol. The average molecular weight is 472 g/mol. The van der Waals surface area contributed by atoms with E-state index < -0.39 is 0 Å². The maximum Gasteiger partial charge on any atom is 0.156 e. The molecule has 0 radical (unpaired) electrons. The van der Waals surface area contributed by atoms with Crippen molar-refractivity contribution in [3.8, 4) is 22.9 Å². The number of hydrogen-bond acceptors (Lipinski definition) is 6. The quantitative estimate of drug-likeness (QED) is 0.398. The number of furan rings is 1. The highest BCUT2D eigenvalue weighted by molar-refractivity contribution is 6.00. The molecule has 1 aromatic carbocycles. The van der Waals surface area contributed by atoms with Crippen LogP contribution in [0.5, 0.6) is 5.75 Å². The van der Waals surface area contributed by atoms with Gasteiger partial charge in [-0.25, -0.2) is 4.98 Å². The third-order valence-corrected chi connectivity index (χ3v) is 7.26. The fourth-order valence-electron chi connectivity index (χ4n) is 5.11. The summed E-state index contributed by atoms with van der Waals surface area (Å²) in [5.41, 5.74) is 5.84. The average Bonchev–Trinajstić information content (AvgIpc) is 3.55. The minimum Gasteiger partial charge on any atom is -0.497 e. The lowest BCUT2D eigenvalue weighted by atomic mass is 9.93. The van der Waals surface area contributed by atoms with Gasteiger partial charge in [0.2, 0.25) is 0 Å². The van der Waals surface area contributed by atoms with Gasteiger partial charge in [-0.2, -0.15) is 5.26 Å². The highest BCUT2D eigenvalue weighted by Crippen LogP contribution is 2.43. The first-order chi connectivity index (χ1) is 16.6. The number of methoxy groups -OCH3 is 1. The molecule has 0 saturated carbocycles. The summed E-state index contributed by atoms with van der Waals surface area (Å²) in [6.45, 7) is 10.3. The van der Waals surface area contributed by atoms with E-state index in [-0.39, 0.29) is 5.41 Å². The molecule has 0 spiro atoms. The van der Waals surface area contributed by atoms with E-state index in [1.54, 1.807) is 7.11 Å². The smallest absolute Gasteiger partial charge is 0.156 e. The summed E-state index contributed by atoms with van der Waals surface area (Å²) in [6.07, 6.45) is 5.00. The Hall–Kier alpha value is -3.50. The van der Waals surface area contributed by atoms with Crippen molar-refractivity contribution >= 4 is 22.4 Å². The summed E-state index contributed by atoms with van der Waals surface area (Å²) in [4.78, 5) is 9.71. The molecule has 0 unspecified atom stereocenters. The molecule has 0 N–H and O–H groups in total. The Balaban J connectivity index is 1.85. The van der Waals surface area contributed by atoms with Crippen LogP contribution in [0.15, 0.2) is 35.1 Å². The number of benzene rings is 1. The van der Waals surface area contributed by atoms with Gasteiger partial charge in [0.05, 0.1) is 24.6 Å². The first-order valence-corrected chi connectivity index (χ1v) is 12.1. The monoisotopic (exact) mass is 471 g/mol. The van der Waals surface area contributed by atoms with Gasteiger partial charge < -0.3 is 19.0 Å². The van der Waals surface area contributed by atoms with Crippen molar-refractivity contribution in [1.82, 2.24) is 14.3 Å². The van der Waals surface area contributed by atoms with Crippen molar-refractivity contribution in [3.05, 3.63) is 47.5 Å². The number of fused-ring (bicyclic) bond motifs is 2. The van der Waals surface area contributed by atoms with Crippen LogP contribution in [0.2, 0.25) is 0 Å². The molecule has 1 aliphatic heterocycles. The summed E-state index contributed by atoms with van der Waals surface area (Å²) in [5.74, 6) is 1.82. The van der Waals surface area contributed by atoms with Crippen LogP contribution < -0.4 is 9.64 Å². The molecule has 7 nitrogen and oxygen atoms in total. The summed E-state index contributed by atoms with van der Waals surface area (Å²) in [5, 5.41) is 11.2. The van der Waals surface area contributed by atoms with Crippen molar-refractivity contribution in [1.29, 1.82) is 5.26 Å². The summed E-state index contributed by atoms with van der Waals surface area (Å²) < 4.78 is 13.5. The van der Waals surface area contributed by atoms with Crippen molar-refractivity contribution in [2.24, 2.45) is 0 Å². The number of hydrogen-bond donors (Lipinski definition) is 0. The van der Waals surface area contributed by atoms with E-state index in [4.69, 9.17) is 14.1 Å². The van der Waals surface area contributed by atoms with Gasteiger partial charge in [-0.3, -0.25) is 4.40 Å². The number of nitriles is 1. The van der Waals surface area contributed by atoms with Crippen LogP contribution in [0.3, 0.4) is 0 Å². The molecule has 1 saturated heterocycles. The topological polar surface area (TPSA) is 69.9 Å². The minimum atomic E-state index is -0.139.